The Balaban J connectivity index is 2.35. The lowest BCUT2D eigenvalue weighted by atomic mass is 10.0. The maximum absolute atomic E-state index is 8.96. The van der Waals surface area contributed by atoms with E-state index in [-0.39, 0.29) is 6.61 Å². The van der Waals surface area contributed by atoms with E-state index in [4.69, 9.17) is 22.4 Å². The minimum atomic E-state index is -0.501. The van der Waals surface area contributed by atoms with Crippen molar-refractivity contribution >= 4 is 23.4 Å². The fraction of sp³-hybridized carbons (Fsp3) is 0.500. The summed E-state index contributed by atoms with van der Waals surface area (Å²) in [7, 11) is 0. The van der Waals surface area contributed by atoms with Crippen molar-refractivity contribution in [3.05, 3.63) is 23.4 Å². The van der Waals surface area contributed by atoms with Gasteiger partial charge in [0.2, 0.25) is 0 Å². The number of aromatic nitrogens is 1. The van der Waals surface area contributed by atoms with Crippen LogP contribution in [-0.4, -0.2) is 28.0 Å². The van der Waals surface area contributed by atoms with E-state index in [0.29, 0.717) is 5.02 Å². The molecule has 0 aliphatic rings. The third-order valence-corrected chi connectivity index (χ3v) is 3.15. The summed E-state index contributed by atoms with van der Waals surface area (Å²) in [5.74, 6) is 0.836. The number of hydrogen-bond donors (Lipinski definition) is 2. The zero-order chi connectivity index (χ0) is 11.3. The molecule has 3 N–H and O–H groups in total. The Bertz CT molecular complexity index is 303. The van der Waals surface area contributed by atoms with E-state index in [1.165, 1.54) is 0 Å². The standard InChI is InChI=1S/C10H15ClN2OS/c1-10(12,7-14)4-5-15-9-3-2-8(11)6-13-9/h2-3,6,14H,4-5,7,12H2,1H3. The molecular formula is C10H15ClN2OS. The number of aliphatic hydroxyl groups is 1. The molecule has 0 saturated heterocycles. The molecule has 1 heterocycles. The molecule has 0 radical (unpaired) electrons. The Morgan fingerprint density at radius 3 is 2.87 bits per heavy atom. The number of rotatable bonds is 5. The summed E-state index contributed by atoms with van der Waals surface area (Å²) in [5.41, 5.74) is 5.30. The van der Waals surface area contributed by atoms with Gasteiger partial charge in [0.25, 0.3) is 0 Å². The summed E-state index contributed by atoms with van der Waals surface area (Å²) in [5, 5.41) is 10.5. The van der Waals surface area contributed by atoms with Gasteiger partial charge < -0.3 is 10.8 Å². The van der Waals surface area contributed by atoms with Gasteiger partial charge in [-0.3, -0.25) is 0 Å². The van der Waals surface area contributed by atoms with Gasteiger partial charge in [-0.15, -0.1) is 11.8 Å². The molecule has 0 aliphatic heterocycles. The lowest BCUT2D eigenvalue weighted by Crippen LogP contribution is -2.40. The fourth-order valence-electron chi connectivity index (χ4n) is 0.915. The maximum atomic E-state index is 8.96. The molecule has 1 atom stereocenters. The first kappa shape index (κ1) is 12.8. The van der Waals surface area contributed by atoms with E-state index < -0.39 is 5.54 Å². The van der Waals surface area contributed by atoms with Gasteiger partial charge in [0.15, 0.2) is 0 Å². The maximum Gasteiger partial charge on any atom is 0.0960 e. The first-order valence-corrected chi connectivity index (χ1v) is 6.04. The van der Waals surface area contributed by atoms with Crippen molar-refractivity contribution in [3.63, 3.8) is 0 Å². The van der Waals surface area contributed by atoms with E-state index in [2.05, 4.69) is 4.98 Å². The number of thioether (sulfide) groups is 1. The van der Waals surface area contributed by atoms with Crippen molar-refractivity contribution in [1.29, 1.82) is 0 Å². The molecule has 5 heteroatoms. The van der Waals surface area contributed by atoms with Gasteiger partial charge in [-0.25, -0.2) is 4.98 Å². The van der Waals surface area contributed by atoms with Gasteiger partial charge in [0, 0.05) is 17.5 Å². The normalized spacial score (nSPS) is 14.9. The summed E-state index contributed by atoms with van der Waals surface area (Å²) in [6, 6.07) is 3.68. The fourth-order valence-corrected chi connectivity index (χ4v) is 2.10. The molecule has 1 aromatic heterocycles. The average Bonchev–Trinajstić information content (AvgIpc) is 2.21. The molecular weight excluding hydrogens is 232 g/mol. The van der Waals surface area contributed by atoms with Crippen LogP contribution in [0.1, 0.15) is 13.3 Å². The highest BCUT2D eigenvalue weighted by molar-refractivity contribution is 7.99. The van der Waals surface area contributed by atoms with Crippen LogP contribution in [0.3, 0.4) is 0 Å². The number of hydrogen-bond acceptors (Lipinski definition) is 4. The first-order valence-electron chi connectivity index (χ1n) is 4.67. The predicted molar refractivity (Wildman–Crippen MR) is 64.3 cm³/mol. The van der Waals surface area contributed by atoms with E-state index in [1.807, 2.05) is 19.1 Å². The molecule has 1 aromatic rings. The SMILES string of the molecule is CC(N)(CO)CCSc1ccc(Cl)cn1. The number of aliphatic hydroxyl groups excluding tert-OH is 1. The number of nitrogens with two attached hydrogens (primary N) is 1. The highest BCUT2D eigenvalue weighted by Gasteiger charge is 2.16. The Hall–Kier alpha value is -0.290. The second-order valence-corrected chi connectivity index (χ2v) is 5.28. The zero-order valence-electron chi connectivity index (χ0n) is 8.61. The van der Waals surface area contributed by atoms with Crippen LogP contribution in [0.15, 0.2) is 23.4 Å². The van der Waals surface area contributed by atoms with Crippen LogP contribution in [0.2, 0.25) is 5.02 Å². The summed E-state index contributed by atoms with van der Waals surface area (Å²) < 4.78 is 0. The molecule has 0 saturated carbocycles. The van der Waals surface area contributed by atoms with Crippen molar-refractivity contribution < 1.29 is 5.11 Å². The minimum Gasteiger partial charge on any atom is -0.394 e. The topological polar surface area (TPSA) is 59.1 Å². The van der Waals surface area contributed by atoms with Gasteiger partial charge in [-0.1, -0.05) is 11.6 Å². The number of nitrogens with zero attached hydrogens (tertiary/aromatic N) is 1. The quantitative estimate of drug-likeness (QED) is 0.780. The van der Waals surface area contributed by atoms with Gasteiger partial charge in [0.05, 0.1) is 16.7 Å². The van der Waals surface area contributed by atoms with Crippen LogP contribution in [0, 0.1) is 0 Å². The smallest absolute Gasteiger partial charge is 0.0960 e. The highest BCUT2D eigenvalue weighted by Crippen LogP contribution is 2.20. The predicted octanol–water partition coefficient (Wildman–Crippen LogP) is 1.93. The molecule has 0 fully saturated rings. The van der Waals surface area contributed by atoms with Crippen LogP contribution in [0.4, 0.5) is 0 Å². The molecule has 15 heavy (non-hydrogen) atoms. The van der Waals surface area contributed by atoms with Crippen molar-refractivity contribution in [2.75, 3.05) is 12.4 Å². The van der Waals surface area contributed by atoms with Crippen LogP contribution in [0.25, 0.3) is 0 Å². The van der Waals surface area contributed by atoms with Gasteiger partial charge in [-0.05, 0) is 25.5 Å². The van der Waals surface area contributed by atoms with E-state index >= 15 is 0 Å². The number of pyridine rings is 1. The van der Waals surface area contributed by atoms with E-state index in [0.717, 1.165) is 17.2 Å². The van der Waals surface area contributed by atoms with Crippen molar-refractivity contribution in [2.24, 2.45) is 5.73 Å². The molecule has 3 nitrogen and oxygen atoms in total. The van der Waals surface area contributed by atoms with Crippen LogP contribution in [0.5, 0.6) is 0 Å². The Labute approximate surface area is 99.0 Å². The second-order valence-electron chi connectivity index (χ2n) is 3.73. The third kappa shape index (κ3) is 4.84. The van der Waals surface area contributed by atoms with Crippen LogP contribution < -0.4 is 5.73 Å². The Morgan fingerprint density at radius 2 is 2.33 bits per heavy atom. The van der Waals surface area contributed by atoms with Gasteiger partial charge in [-0.2, -0.15) is 0 Å². The molecule has 0 amide bonds. The second kappa shape index (κ2) is 5.70. The molecule has 1 unspecified atom stereocenters. The number of halogens is 1. The molecule has 1 rings (SSSR count). The summed E-state index contributed by atoms with van der Waals surface area (Å²) >= 11 is 7.33. The molecule has 84 valence electrons. The van der Waals surface area contributed by atoms with Crippen molar-refractivity contribution in [1.82, 2.24) is 4.98 Å². The molecule has 0 spiro atoms. The average molecular weight is 247 g/mol. The minimum absolute atomic E-state index is 0.00159. The third-order valence-electron chi connectivity index (χ3n) is 1.98. The van der Waals surface area contributed by atoms with Crippen molar-refractivity contribution in [3.8, 4) is 0 Å². The summed E-state index contributed by atoms with van der Waals surface area (Å²) in [4.78, 5) is 4.15. The summed E-state index contributed by atoms with van der Waals surface area (Å²) in [6.07, 6.45) is 2.37. The monoisotopic (exact) mass is 246 g/mol. The highest BCUT2D eigenvalue weighted by atomic mass is 35.5. The Morgan fingerprint density at radius 1 is 1.60 bits per heavy atom. The zero-order valence-corrected chi connectivity index (χ0v) is 10.2. The largest absolute Gasteiger partial charge is 0.394 e. The van der Waals surface area contributed by atoms with Crippen LogP contribution in [-0.2, 0) is 0 Å². The van der Waals surface area contributed by atoms with E-state index in [1.54, 1.807) is 18.0 Å². The van der Waals surface area contributed by atoms with Gasteiger partial charge in [0.1, 0.15) is 0 Å². The lowest BCUT2D eigenvalue weighted by molar-refractivity contribution is 0.206. The first-order chi connectivity index (χ1) is 7.03. The summed E-state index contributed by atoms with van der Waals surface area (Å²) in [6.45, 7) is 1.84. The molecule has 0 bridgehead atoms. The van der Waals surface area contributed by atoms with Crippen molar-refractivity contribution in [2.45, 2.75) is 23.9 Å². The van der Waals surface area contributed by atoms with E-state index in [9.17, 15) is 0 Å². The van der Waals surface area contributed by atoms with Crippen LogP contribution >= 0.6 is 23.4 Å². The molecule has 0 aliphatic carbocycles. The molecule has 0 aromatic carbocycles. The Kier molecular flexibility index (Phi) is 4.86. The lowest BCUT2D eigenvalue weighted by Gasteiger charge is -2.20. The van der Waals surface area contributed by atoms with Gasteiger partial charge >= 0.3 is 0 Å².